The maximum atomic E-state index is 11.3. The van der Waals surface area contributed by atoms with E-state index in [4.69, 9.17) is 4.74 Å². The Morgan fingerprint density at radius 2 is 1.94 bits per heavy atom. The average Bonchev–Trinajstić information content (AvgIpc) is 2.78. The predicted octanol–water partition coefficient (Wildman–Crippen LogP) is 1.75. The fourth-order valence-electron chi connectivity index (χ4n) is 2.79. The van der Waals surface area contributed by atoms with Gasteiger partial charge >= 0.3 is 6.09 Å². The largest absolute Gasteiger partial charge is 0.453 e. The second-order valence-electron chi connectivity index (χ2n) is 4.90. The maximum Gasteiger partial charge on any atom is 0.409 e. The first kappa shape index (κ1) is 11.7. The van der Waals surface area contributed by atoms with Gasteiger partial charge in [0.1, 0.15) is 0 Å². The lowest BCUT2D eigenvalue weighted by Crippen LogP contribution is -2.41. The van der Waals surface area contributed by atoms with Crippen molar-refractivity contribution in [2.75, 3.05) is 20.2 Å². The van der Waals surface area contributed by atoms with Gasteiger partial charge in [-0.1, -0.05) is 19.3 Å². The molecule has 1 saturated carbocycles. The Bertz CT molecular complexity index is 239. The summed E-state index contributed by atoms with van der Waals surface area (Å²) < 4.78 is 4.73. The molecule has 1 aliphatic carbocycles. The highest BCUT2D eigenvalue weighted by atomic mass is 16.5. The zero-order valence-electron chi connectivity index (χ0n) is 10.1. The third-order valence-corrected chi connectivity index (χ3v) is 3.70. The summed E-state index contributed by atoms with van der Waals surface area (Å²) in [6.45, 7) is 1.64. The van der Waals surface area contributed by atoms with Crippen molar-refractivity contribution in [2.45, 2.75) is 50.6 Å². The van der Waals surface area contributed by atoms with Gasteiger partial charge in [0.2, 0.25) is 0 Å². The molecule has 1 amide bonds. The molecule has 0 aromatic rings. The summed E-state index contributed by atoms with van der Waals surface area (Å²) in [6, 6.07) is 1.15. The molecule has 1 unspecified atom stereocenters. The lowest BCUT2D eigenvalue weighted by atomic mass is 9.95. The molecule has 0 aromatic carbocycles. The van der Waals surface area contributed by atoms with Crippen LogP contribution in [0.2, 0.25) is 0 Å². The van der Waals surface area contributed by atoms with E-state index in [1.54, 1.807) is 4.90 Å². The van der Waals surface area contributed by atoms with E-state index in [1.807, 2.05) is 0 Å². The van der Waals surface area contributed by atoms with E-state index in [0.29, 0.717) is 12.1 Å². The second-order valence-corrected chi connectivity index (χ2v) is 4.90. The smallest absolute Gasteiger partial charge is 0.409 e. The fraction of sp³-hybridized carbons (Fsp3) is 0.917. The van der Waals surface area contributed by atoms with Gasteiger partial charge in [-0.3, -0.25) is 0 Å². The van der Waals surface area contributed by atoms with E-state index in [-0.39, 0.29) is 6.09 Å². The molecule has 0 spiro atoms. The van der Waals surface area contributed by atoms with Gasteiger partial charge in [-0.2, -0.15) is 0 Å². The summed E-state index contributed by atoms with van der Waals surface area (Å²) in [6.07, 6.45) is 7.57. The van der Waals surface area contributed by atoms with Crippen LogP contribution in [-0.2, 0) is 4.74 Å². The van der Waals surface area contributed by atoms with Crippen molar-refractivity contribution in [3.63, 3.8) is 0 Å². The number of nitrogens with zero attached hydrogens (tertiary/aromatic N) is 1. The quantitative estimate of drug-likeness (QED) is 0.780. The maximum absolute atomic E-state index is 11.3. The fourth-order valence-corrected chi connectivity index (χ4v) is 2.79. The Balaban J connectivity index is 1.73. The molecule has 0 aromatic heterocycles. The highest BCUT2D eigenvalue weighted by Crippen LogP contribution is 2.20. The lowest BCUT2D eigenvalue weighted by Gasteiger charge is -2.26. The number of hydrogen-bond acceptors (Lipinski definition) is 3. The zero-order chi connectivity index (χ0) is 11.4. The molecule has 4 heteroatoms. The Kier molecular flexibility index (Phi) is 4.04. The van der Waals surface area contributed by atoms with E-state index < -0.39 is 0 Å². The Morgan fingerprint density at radius 3 is 2.62 bits per heavy atom. The molecule has 1 aliphatic heterocycles. The third kappa shape index (κ3) is 2.88. The number of carbonyl (C=O) groups is 1. The van der Waals surface area contributed by atoms with Gasteiger partial charge in [-0.05, 0) is 19.3 Å². The highest BCUT2D eigenvalue weighted by Gasteiger charge is 2.28. The summed E-state index contributed by atoms with van der Waals surface area (Å²) in [7, 11) is 1.45. The molecule has 16 heavy (non-hydrogen) atoms. The van der Waals surface area contributed by atoms with Gasteiger partial charge in [0.05, 0.1) is 7.11 Å². The number of nitrogens with one attached hydrogen (secondary N) is 1. The molecule has 1 atom stereocenters. The highest BCUT2D eigenvalue weighted by molar-refractivity contribution is 5.67. The van der Waals surface area contributed by atoms with Crippen LogP contribution in [0.25, 0.3) is 0 Å². The Morgan fingerprint density at radius 1 is 1.19 bits per heavy atom. The lowest BCUT2D eigenvalue weighted by molar-refractivity contribution is 0.131. The van der Waals surface area contributed by atoms with Crippen LogP contribution in [0.5, 0.6) is 0 Å². The van der Waals surface area contributed by atoms with E-state index in [0.717, 1.165) is 19.5 Å². The van der Waals surface area contributed by atoms with Crippen LogP contribution >= 0.6 is 0 Å². The molecule has 4 nitrogen and oxygen atoms in total. The van der Waals surface area contributed by atoms with E-state index >= 15 is 0 Å². The van der Waals surface area contributed by atoms with Crippen LogP contribution in [0.3, 0.4) is 0 Å². The van der Waals surface area contributed by atoms with E-state index in [9.17, 15) is 4.79 Å². The summed E-state index contributed by atoms with van der Waals surface area (Å²) in [4.78, 5) is 13.1. The minimum Gasteiger partial charge on any atom is -0.453 e. The van der Waals surface area contributed by atoms with Crippen molar-refractivity contribution in [1.29, 1.82) is 0 Å². The van der Waals surface area contributed by atoms with Gasteiger partial charge in [-0.25, -0.2) is 4.79 Å². The molecule has 2 fully saturated rings. The predicted molar refractivity (Wildman–Crippen MR) is 62.4 cm³/mol. The van der Waals surface area contributed by atoms with Gasteiger partial charge in [0.25, 0.3) is 0 Å². The van der Waals surface area contributed by atoms with Gasteiger partial charge < -0.3 is 15.0 Å². The molecule has 2 aliphatic rings. The number of carbonyl (C=O) groups excluding carboxylic acids is 1. The standard InChI is InChI=1S/C12H22N2O2/c1-16-12(15)14-8-7-11(9-14)13-10-5-3-2-4-6-10/h10-11,13H,2-9H2,1H3. The number of rotatable bonds is 2. The van der Waals surface area contributed by atoms with Crippen LogP contribution in [0.1, 0.15) is 38.5 Å². The summed E-state index contributed by atoms with van der Waals surface area (Å²) >= 11 is 0. The molecule has 0 radical (unpaired) electrons. The molecule has 1 N–H and O–H groups in total. The first-order chi connectivity index (χ1) is 7.79. The van der Waals surface area contributed by atoms with Crippen molar-refractivity contribution in [1.82, 2.24) is 10.2 Å². The number of ether oxygens (including phenoxy) is 1. The molecule has 92 valence electrons. The van der Waals surface area contributed by atoms with Crippen molar-refractivity contribution in [3.8, 4) is 0 Å². The molecular formula is C12H22N2O2. The van der Waals surface area contributed by atoms with Crippen LogP contribution in [0, 0.1) is 0 Å². The zero-order valence-corrected chi connectivity index (χ0v) is 10.1. The minimum atomic E-state index is -0.187. The monoisotopic (exact) mass is 226 g/mol. The number of hydrogen-bond donors (Lipinski definition) is 1. The summed E-state index contributed by atoms with van der Waals surface area (Å²) in [5.41, 5.74) is 0. The van der Waals surface area contributed by atoms with E-state index in [1.165, 1.54) is 39.2 Å². The van der Waals surface area contributed by atoms with Crippen molar-refractivity contribution < 1.29 is 9.53 Å². The average molecular weight is 226 g/mol. The Labute approximate surface area is 97.3 Å². The third-order valence-electron chi connectivity index (χ3n) is 3.70. The van der Waals surface area contributed by atoms with Crippen LogP contribution in [0.4, 0.5) is 4.79 Å². The first-order valence-corrected chi connectivity index (χ1v) is 6.38. The molecule has 1 heterocycles. The van der Waals surface area contributed by atoms with Gasteiger partial charge in [0, 0.05) is 25.2 Å². The number of methoxy groups -OCH3 is 1. The molecular weight excluding hydrogens is 204 g/mol. The second kappa shape index (κ2) is 5.53. The van der Waals surface area contributed by atoms with Crippen molar-refractivity contribution in [2.24, 2.45) is 0 Å². The van der Waals surface area contributed by atoms with Crippen LogP contribution in [0.15, 0.2) is 0 Å². The summed E-state index contributed by atoms with van der Waals surface area (Å²) in [5, 5.41) is 3.68. The Hall–Kier alpha value is -0.770. The number of likely N-dealkylation sites (tertiary alicyclic amines) is 1. The molecule has 2 rings (SSSR count). The van der Waals surface area contributed by atoms with E-state index in [2.05, 4.69) is 5.32 Å². The van der Waals surface area contributed by atoms with Crippen molar-refractivity contribution >= 4 is 6.09 Å². The summed E-state index contributed by atoms with van der Waals surface area (Å²) in [5.74, 6) is 0. The molecule has 1 saturated heterocycles. The van der Waals surface area contributed by atoms with Crippen LogP contribution in [-0.4, -0.2) is 43.3 Å². The SMILES string of the molecule is COC(=O)N1CCC(NC2CCCCC2)C1. The minimum absolute atomic E-state index is 0.187. The van der Waals surface area contributed by atoms with Gasteiger partial charge in [0.15, 0.2) is 0 Å². The van der Waals surface area contributed by atoms with Crippen molar-refractivity contribution in [3.05, 3.63) is 0 Å². The topological polar surface area (TPSA) is 41.6 Å². The number of amides is 1. The van der Waals surface area contributed by atoms with Gasteiger partial charge in [-0.15, -0.1) is 0 Å². The normalized spacial score (nSPS) is 27.1. The van der Waals surface area contributed by atoms with Crippen LogP contribution < -0.4 is 5.32 Å². The first-order valence-electron chi connectivity index (χ1n) is 6.38. The molecule has 0 bridgehead atoms.